The van der Waals surface area contributed by atoms with Crippen LogP contribution in [0.1, 0.15) is 45.6 Å². The number of hydrogen-bond acceptors (Lipinski definition) is 8. The van der Waals surface area contributed by atoms with Crippen molar-refractivity contribution in [1.29, 1.82) is 0 Å². The third-order valence-electron chi connectivity index (χ3n) is 5.41. The Labute approximate surface area is 205 Å². The molecule has 166 valence electrons. The van der Waals surface area contributed by atoms with Gasteiger partial charge in [-0.15, -0.1) is 0 Å². The monoisotopic (exact) mass is 481 g/mol. The Morgan fingerprint density at radius 3 is 2.39 bits per heavy atom. The third-order valence-corrected chi connectivity index (χ3v) is 7.03. The molecule has 0 amide bonds. The van der Waals surface area contributed by atoms with Crippen molar-refractivity contribution in [2.24, 2.45) is 0 Å². The second kappa shape index (κ2) is 10.7. The van der Waals surface area contributed by atoms with Crippen LogP contribution < -0.4 is 29.6 Å². The summed E-state index contributed by atoms with van der Waals surface area (Å²) in [5.41, 5.74) is 1.23. The molecule has 1 unspecified atom stereocenters. The first-order valence-corrected chi connectivity index (χ1v) is 12.3. The molecule has 0 N–H and O–H groups in total. The zero-order valence-electron chi connectivity index (χ0n) is 18.0. The summed E-state index contributed by atoms with van der Waals surface area (Å²) in [5.74, 6) is 1.36. The number of nitrogens with zero attached hydrogens (tertiary/aromatic N) is 1. The van der Waals surface area contributed by atoms with Gasteiger partial charge in [-0.1, -0.05) is 0 Å². The van der Waals surface area contributed by atoms with Gasteiger partial charge in [0.1, 0.15) is 16.7 Å². The van der Waals surface area contributed by atoms with Crippen LogP contribution >= 0.6 is 0 Å². The van der Waals surface area contributed by atoms with Crippen LogP contribution in [0.15, 0.2) is 28.9 Å². The molecule has 0 saturated carbocycles. The molecular weight excluding hydrogens is 457 g/mol. The zero-order valence-corrected chi connectivity index (χ0v) is 21.6. The van der Waals surface area contributed by atoms with Crippen molar-refractivity contribution < 1.29 is 69.6 Å². The molecular formula is C19H24NNaO8S2. The van der Waals surface area contributed by atoms with Gasteiger partial charge in [-0.2, -0.15) is 4.58 Å². The maximum absolute atomic E-state index is 11.5. The van der Waals surface area contributed by atoms with Gasteiger partial charge in [-0.25, -0.2) is 21.6 Å². The van der Waals surface area contributed by atoms with Crippen molar-refractivity contribution in [2.75, 3.05) is 18.9 Å². The van der Waals surface area contributed by atoms with E-state index in [0.29, 0.717) is 24.3 Å². The number of fused-ring (bicyclic) bond motifs is 1. The van der Waals surface area contributed by atoms with Gasteiger partial charge in [0.15, 0.2) is 17.4 Å². The van der Waals surface area contributed by atoms with Gasteiger partial charge in [0.05, 0.1) is 27.0 Å². The normalized spacial score (nSPS) is 18.2. The summed E-state index contributed by atoms with van der Waals surface area (Å²) in [4.78, 5) is 10.7. The fourth-order valence-electron chi connectivity index (χ4n) is 3.72. The summed E-state index contributed by atoms with van der Waals surface area (Å²) in [6.45, 7) is 5.91. The summed E-state index contributed by atoms with van der Waals surface area (Å²) in [6, 6.07) is 4.02. The van der Waals surface area contributed by atoms with Crippen LogP contribution in [0, 0.1) is 0 Å². The fraction of sp³-hybridized carbons (Fsp3) is 0.526. The van der Waals surface area contributed by atoms with Crippen molar-refractivity contribution in [3.8, 4) is 0 Å². The van der Waals surface area contributed by atoms with Crippen molar-refractivity contribution in [3.63, 3.8) is 0 Å². The first-order valence-electron chi connectivity index (χ1n) is 9.36. The number of benzene rings is 1. The SMILES string of the molecule is CCOC(=C=O)CCC1(C)C(C)=[N+](CCCS(=O)(=O)[O-])c2ccc(S(=O)(=O)[O-])cc21.[Na+]. The summed E-state index contributed by atoms with van der Waals surface area (Å²) in [7, 11) is -9.05. The van der Waals surface area contributed by atoms with Gasteiger partial charge < -0.3 is 13.8 Å². The number of ether oxygens (including phenoxy) is 1. The van der Waals surface area contributed by atoms with E-state index in [1.807, 2.05) is 18.4 Å². The van der Waals surface area contributed by atoms with E-state index in [1.165, 1.54) is 18.2 Å². The van der Waals surface area contributed by atoms with Crippen LogP contribution in [0.4, 0.5) is 5.69 Å². The molecule has 12 heteroatoms. The molecule has 0 aromatic heterocycles. The molecule has 1 aromatic carbocycles. The maximum atomic E-state index is 11.5. The molecule has 1 aromatic rings. The molecule has 0 fully saturated rings. The van der Waals surface area contributed by atoms with E-state index in [9.17, 15) is 30.7 Å². The molecule has 0 spiro atoms. The van der Waals surface area contributed by atoms with Crippen LogP contribution in [-0.2, 0) is 35.2 Å². The summed E-state index contributed by atoms with van der Waals surface area (Å²) in [6.07, 6.45) is 0.690. The summed E-state index contributed by atoms with van der Waals surface area (Å²) in [5, 5.41) is 0. The Balaban J connectivity index is 0.00000480. The molecule has 0 aliphatic carbocycles. The molecule has 9 nitrogen and oxygen atoms in total. The first kappa shape index (κ1) is 28.0. The van der Waals surface area contributed by atoms with Gasteiger partial charge in [0.2, 0.25) is 5.69 Å². The Bertz CT molecular complexity index is 1120. The smallest absolute Gasteiger partial charge is 0.748 e. The molecule has 0 saturated heterocycles. The molecule has 2 rings (SSSR count). The van der Waals surface area contributed by atoms with E-state index in [2.05, 4.69) is 0 Å². The largest absolute Gasteiger partial charge is 1.00 e. The predicted molar refractivity (Wildman–Crippen MR) is 106 cm³/mol. The second-order valence-electron chi connectivity index (χ2n) is 7.28. The van der Waals surface area contributed by atoms with Crippen LogP contribution in [0.25, 0.3) is 0 Å². The number of carbonyl (C=O) groups excluding carboxylic acids is 1. The molecule has 1 heterocycles. The number of allylic oxidation sites excluding steroid dienone is 1. The summed E-state index contributed by atoms with van der Waals surface area (Å²) >= 11 is 0. The Morgan fingerprint density at radius 1 is 1.23 bits per heavy atom. The van der Waals surface area contributed by atoms with Crippen LogP contribution in [0.2, 0.25) is 0 Å². The Kier molecular flexibility index (Phi) is 9.68. The zero-order chi connectivity index (χ0) is 22.7. The maximum Gasteiger partial charge on any atom is 1.00 e. The minimum absolute atomic E-state index is 0. The van der Waals surface area contributed by atoms with Gasteiger partial charge in [-0.05, 0) is 32.4 Å². The van der Waals surface area contributed by atoms with E-state index in [4.69, 9.17) is 4.74 Å². The number of rotatable bonds is 10. The van der Waals surface area contributed by atoms with Gasteiger partial charge in [0, 0.05) is 37.1 Å². The van der Waals surface area contributed by atoms with E-state index >= 15 is 0 Å². The van der Waals surface area contributed by atoms with Gasteiger partial charge in [-0.3, -0.25) is 0 Å². The quantitative estimate of drug-likeness (QED) is 0.128. The fourth-order valence-corrected chi connectivity index (χ4v) is 4.69. The Morgan fingerprint density at radius 2 is 1.87 bits per heavy atom. The minimum atomic E-state index is -4.68. The molecule has 0 bridgehead atoms. The van der Waals surface area contributed by atoms with E-state index < -0.39 is 31.4 Å². The topological polar surface area (TPSA) is 144 Å². The third kappa shape index (κ3) is 6.72. The Hall–Kier alpha value is -1.04. The van der Waals surface area contributed by atoms with Gasteiger partial charge >= 0.3 is 29.6 Å². The first-order chi connectivity index (χ1) is 13.8. The van der Waals surface area contributed by atoms with Crippen molar-refractivity contribution >= 4 is 37.6 Å². The van der Waals surface area contributed by atoms with E-state index in [1.54, 1.807) is 12.9 Å². The van der Waals surface area contributed by atoms with Crippen LogP contribution in [-0.4, -0.2) is 61.1 Å². The van der Waals surface area contributed by atoms with E-state index in [-0.39, 0.29) is 59.6 Å². The van der Waals surface area contributed by atoms with Crippen LogP contribution in [0.3, 0.4) is 0 Å². The van der Waals surface area contributed by atoms with Crippen LogP contribution in [0.5, 0.6) is 0 Å². The summed E-state index contributed by atoms with van der Waals surface area (Å²) < 4.78 is 74.5. The van der Waals surface area contributed by atoms with E-state index in [0.717, 1.165) is 5.71 Å². The van der Waals surface area contributed by atoms with Crippen molar-refractivity contribution in [1.82, 2.24) is 0 Å². The van der Waals surface area contributed by atoms with Crippen molar-refractivity contribution in [2.45, 2.75) is 50.3 Å². The average Bonchev–Trinajstić information content (AvgIpc) is 2.85. The molecule has 1 atom stereocenters. The average molecular weight is 482 g/mol. The second-order valence-corrected chi connectivity index (χ2v) is 10.2. The molecule has 0 radical (unpaired) electrons. The molecule has 31 heavy (non-hydrogen) atoms. The molecule has 1 aliphatic heterocycles. The number of hydrogen-bond donors (Lipinski definition) is 0. The standard InChI is InChI=1S/C19H25NO8S2.Na/c1-4-28-15(13-21)8-9-19(3)14(2)20(10-5-11-29(22,23)24)18-7-6-16(12-17(18)19)30(25,26)27;/h6-7,12H,4-5,8-11H2,1-3H3,(H-,22,23,24,25,26,27);/q;+1/p-1. The van der Waals surface area contributed by atoms with Gasteiger partial charge in [0.25, 0.3) is 0 Å². The van der Waals surface area contributed by atoms with Crippen molar-refractivity contribution in [3.05, 3.63) is 29.5 Å². The molecule has 1 aliphatic rings. The minimum Gasteiger partial charge on any atom is -0.748 e. The predicted octanol–water partition coefficient (Wildman–Crippen LogP) is -1.56.